The summed E-state index contributed by atoms with van der Waals surface area (Å²) in [5.41, 5.74) is 0.385. The van der Waals surface area contributed by atoms with Gasteiger partial charge in [-0.1, -0.05) is 0 Å². The van der Waals surface area contributed by atoms with E-state index >= 15 is 0 Å². The average molecular weight is 270 g/mol. The molecule has 0 radical (unpaired) electrons. The molecule has 1 unspecified atom stereocenters. The highest BCUT2D eigenvalue weighted by atomic mass is 32.2. The summed E-state index contributed by atoms with van der Waals surface area (Å²) in [6, 6.07) is 2.95. The molecular formula is C11H14N2O4S. The summed E-state index contributed by atoms with van der Waals surface area (Å²) in [5, 5.41) is 3.02. The van der Waals surface area contributed by atoms with Crippen LogP contribution in [-0.4, -0.2) is 44.0 Å². The predicted octanol–water partition coefficient (Wildman–Crippen LogP) is 0.467. The van der Waals surface area contributed by atoms with E-state index in [4.69, 9.17) is 0 Å². The first-order chi connectivity index (χ1) is 8.50. The number of rotatable bonds is 3. The molecule has 1 aromatic heterocycles. The number of nitrogens with zero attached hydrogens (tertiary/aromatic N) is 1. The number of nitrogens with one attached hydrogen (secondary N) is 1. The Morgan fingerprint density at radius 3 is 2.94 bits per heavy atom. The lowest BCUT2D eigenvalue weighted by Gasteiger charge is -2.11. The third kappa shape index (κ3) is 2.98. The van der Waals surface area contributed by atoms with E-state index in [0.29, 0.717) is 17.8 Å². The summed E-state index contributed by atoms with van der Waals surface area (Å²) in [7, 11) is -1.62. The van der Waals surface area contributed by atoms with Crippen molar-refractivity contribution in [3.63, 3.8) is 0 Å². The molecule has 0 aromatic carbocycles. The summed E-state index contributed by atoms with van der Waals surface area (Å²) in [5.74, 6) is 0.345. The number of carbonyl (C=O) groups excluding carboxylic acids is 1. The van der Waals surface area contributed by atoms with Gasteiger partial charge in [0.15, 0.2) is 9.84 Å². The lowest BCUT2D eigenvalue weighted by Crippen LogP contribution is -2.21. The van der Waals surface area contributed by atoms with Crippen molar-refractivity contribution >= 4 is 21.6 Å². The number of aromatic nitrogens is 1. The Bertz CT molecular complexity index is 556. The van der Waals surface area contributed by atoms with E-state index in [9.17, 15) is 13.2 Å². The smallest absolute Gasteiger partial charge is 0.338 e. The molecule has 0 bridgehead atoms. The van der Waals surface area contributed by atoms with Crippen molar-refractivity contribution in [3.05, 3.63) is 23.9 Å². The van der Waals surface area contributed by atoms with Crippen LogP contribution in [-0.2, 0) is 14.6 Å². The van der Waals surface area contributed by atoms with Crippen LogP contribution >= 0.6 is 0 Å². The quantitative estimate of drug-likeness (QED) is 0.803. The molecule has 1 aliphatic heterocycles. The predicted molar refractivity (Wildman–Crippen MR) is 66.3 cm³/mol. The van der Waals surface area contributed by atoms with Crippen LogP contribution in [0.15, 0.2) is 18.3 Å². The van der Waals surface area contributed by atoms with Gasteiger partial charge in [0.25, 0.3) is 0 Å². The van der Waals surface area contributed by atoms with Crippen LogP contribution in [0.4, 0.5) is 5.82 Å². The first-order valence-corrected chi connectivity index (χ1v) is 7.33. The minimum absolute atomic E-state index is 0.108. The van der Waals surface area contributed by atoms with Crippen molar-refractivity contribution < 1.29 is 17.9 Å². The molecule has 0 amide bonds. The first kappa shape index (κ1) is 12.8. The summed E-state index contributed by atoms with van der Waals surface area (Å²) < 4.78 is 27.2. The van der Waals surface area contributed by atoms with E-state index in [1.165, 1.54) is 13.3 Å². The number of ether oxygens (including phenoxy) is 1. The van der Waals surface area contributed by atoms with Gasteiger partial charge in [0, 0.05) is 12.2 Å². The fraction of sp³-hybridized carbons (Fsp3) is 0.455. The lowest BCUT2D eigenvalue weighted by atomic mass is 10.2. The Hall–Kier alpha value is -1.63. The number of hydrogen-bond acceptors (Lipinski definition) is 6. The fourth-order valence-corrected chi connectivity index (χ4v) is 3.55. The maximum Gasteiger partial charge on any atom is 0.338 e. The highest BCUT2D eigenvalue weighted by molar-refractivity contribution is 7.91. The molecule has 0 saturated carbocycles. The average Bonchev–Trinajstić information content (AvgIpc) is 2.68. The van der Waals surface area contributed by atoms with Crippen LogP contribution in [0, 0.1) is 0 Å². The summed E-state index contributed by atoms with van der Waals surface area (Å²) >= 11 is 0. The Labute approximate surface area is 105 Å². The zero-order chi connectivity index (χ0) is 13.2. The van der Waals surface area contributed by atoms with Crippen molar-refractivity contribution in [1.29, 1.82) is 0 Å². The maximum atomic E-state index is 11.3. The van der Waals surface area contributed by atoms with E-state index in [2.05, 4.69) is 15.0 Å². The molecule has 1 saturated heterocycles. The minimum Gasteiger partial charge on any atom is -0.465 e. The zero-order valence-electron chi connectivity index (χ0n) is 9.92. The van der Waals surface area contributed by atoms with Crippen LogP contribution in [0.2, 0.25) is 0 Å². The van der Waals surface area contributed by atoms with Crippen molar-refractivity contribution in [2.75, 3.05) is 23.9 Å². The second-order valence-corrected chi connectivity index (χ2v) is 6.39. The number of anilines is 1. The number of esters is 1. The molecule has 1 fully saturated rings. The minimum atomic E-state index is -2.93. The highest BCUT2D eigenvalue weighted by Gasteiger charge is 2.27. The van der Waals surface area contributed by atoms with E-state index in [0.717, 1.165) is 0 Å². The number of pyridine rings is 1. The van der Waals surface area contributed by atoms with Crippen LogP contribution in [0.5, 0.6) is 0 Å². The monoisotopic (exact) mass is 270 g/mol. The number of carbonyl (C=O) groups is 1. The summed E-state index contributed by atoms with van der Waals surface area (Å²) in [6.07, 6.45) is 2.05. The van der Waals surface area contributed by atoms with E-state index in [1.54, 1.807) is 12.1 Å². The van der Waals surface area contributed by atoms with E-state index < -0.39 is 15.8 Å². The maximum absolute atomic E-state index is 11.3. The number of sulfone groups is 1. The topological polar surface area (TPSA) is 85.4 Å². The van der Waals surface area contributed by atoms with E-state index in [-0.39, 0.29) is 17.5 Å². The van der Waals surface area contributed by atoms with Gasteiger partial charge in [-0.2, -0.15) is 0 Å². The van der Waals surface area contributed by atoms with Crippen molar-refractivity contribution in [3.8, 4) is 0 Å². The second kappa shape index (κ2) is 4.93. The van der Waals surface area contributed by atoms with Gasteiger partial charge in [0.2, 0.25) is 0 Å². The van der Waals surface area contributed by atoms with Crippen molar-refractivity contribution in [2.24, 2.45) is 0 Å². The van der Waals surface area contributed by atoms with Gasteiger partial charge in [-0.05, 0) is 18.6 Å². The standard InChI is InChI=1S/C11H14N2O4S/c1-17-11(14)8-2-4-12-10(6-8)13-9-3-5-18(15,16)7-9/h2,4,6,9H,3,5,7H2,1H3,(H,12,13). The molecule has 2 rings (SSSR count). The van der Waals surface area contributed by atoms with Crippen molar-refractivity contribution in [1.82, 2.24) is 4.98 Å². The molecule has 1 aliphatic rings. The molecule has 18 heavy (non-hydrogen) atoms. The largest absolute Gasteiger partial charge is 0.465 e. The van der Waals surface area contributed by atoms with Gasteiger partial charge in [-0.25, -0.2) is 18.2 Å². The zero-order valence-corrected chi connectivity index (χ0v) is 10.7. The third-order valence-electron chi connectivity index (χ3n) is 2.77. The van der Waals surface area contributed by atoms with Crippen LogP contribution in [0.1, 0.15) is 16.8 Å². The van der Waals surface area contributed by atoms with Crippen molar-refractivity contribution in [2.45, 2.75) is 12.5 Å². The molecule has 1 N–H and O–H groups in total. The van der Waals surface area contributed by atoms with Gasteiger partial charge in [0.05, 0.1) is 24.2 Å². The molecule has 2 heterocycles. The molecular weight excluding hydrogens is 256 g/mol. The highest BCUT2D eigenvalue weighted by Crippen LogP contribution is 2.17. The Morgan fingerprint density at radius 1 is 1.56 bits per heavy atom. The SMILES string of the molecule is COC(=O)c1ccnc(NC2CCS(=O)(=O)C2)c1. The molecule has 7 heteroatoms. The first-order valence-electron chi connectivity index (χ1n) is 5.51. The van der Waals surface area contributed by atoms with Crippen LogP contribution in [0.3, 0.4) is 0 Å². The summed E-state index contributed by atoms with van der Waals surface area (Å²) in [4.78, 5) is 15.4. The molecule has 0 spiro atoms. The van der Waals surface area contributed by atoms with Gasteiger partial charge in [-0.15, -0.1) is 0 Å². The van der Waals surface area contributed by atoms with Gasteiger partial charge >= 0.3 is 5.97 Å². The Balaban J connectivity index is 2.08. The van der Waals surface area contributed by atoms with E-state index in [1.807, 2.05) is 0 Å². The van der Waals surface area contributed by atoms with Crippen LogP contribution in [0.25, 0.3) is 0 Å². The second-order valence-electron chi connectivity index (χ2n) is 4.17. The molecule has 6 nitrogen and oxygen atoms in total. The molecule has 1 aromatic rings. The molecule has 0 aliphatic carbocycles. The fourth-order valence-electron chi connectivity index (χ4n) is 1.87. The van der Waals surface area contributed by atoms with Gasteiger partial charge < -0.3 is 10.1 Å². The van der Waals surface area contributed by atoms with Crippen LogP contribution < -0.4 is 5.32 Å². The van der Waals surface area contributed by atoms with Gasteiger partial charge in [0.1, 0.15) is 5.82 Å². The lowest BCUT2D eigenvalue weighted by molar-refractivity contribution is 0.0600. The Kier molecular flexibility index (Phi) is 3.51. The molecule has 98 valence electrons. The molecule has 1 atom stereocenters. The third-order valence-corrected chi connectivity index (χ3v) is 4.53. The summed E-state index contributed by atoms with van der Waals surface area (Å²) in [6.45, 7) is 0. The Morgan fingerprint density at radius 2 is 2.33 bits per heavy atom. The number of methoxy groups -OCH3 is 1. The normalized spacial score (nSPS) is 21.5. The van der Waals surface area contributed by atoms with Gasteiger partial charge in [-0.3, -0.25) is 0 Å². The number of hydrogen-bond donors (Lipinski definition) is 1.